The fourth-order valence-corrected chi connectivity index (χ4v) is 2.91. The van der Waals surface area contributed by atoms with Crippen molar-refractivity contribution in [1.29, 1.82) is 0 Å². The van der Waals surface area contributed by atoms with Crippen molar-refractivity contribution in [2.45, 2.75) is 6.61 Å². The Morgan fingerprint density at radius 2 is 1.77 bits per heavy atom. The van der Waals surface area contributed by atoms with Gasteiger partial charge in [-0.15, -0.1) is 0 Å². The van der Waals surface area contributed by atoms with Gasteiger partial charge in [0.2, 0.25) is 0 Å². The van der Waals surface area contributed by atoms with Gasteiger partial charge in [-0.05, 0) is 65.7 Å². The van der Waals surface area contributed by atoms with E-state index in [1.54, 1.807) is 31.4 Å². The summed E-state index contributed by atoms with van der Waals surface area (Å²) in [5, 5.41) is 4.63. The molecule has 0 radical (unpaired) electrons. The molecule has 160 valence electrons. The molecule has 0 aliphatic rings. The molecule has 1 N–H and O–H groups in total. The number of rotatable bonds is 9. The van der Waals surface area contributed by atoms with Crippen LogP contribution in [0.2, 0.25) is 5.02 Å². The largest absolute Gasteiger partial charge is 0.493 e. The molecule has 31 heavy (non-hydrogen) atoms. The number of hydrazone groups is 1. The van der Waals surface area contributed by atoms with Gasteiger partial charge in [-0.3, -0.25) is 4.79 Å². The van der Waals surface area contributed by atoms with Gasteiger partial charge >= 0.3 is 0 Å². The van der Waals surface area contributed by atoms with E-state index in [0.717, 1.165) is 15.6 Å². The Morgan fingerprint density at radius 3 is 2.48 bits per heavy atom. The van der Waals surface area contributed by atoms with Crippen LogP contribution in [-0.2, 0) is 11.4 Å². The number of halogens is 2. The molecule has 0 fully saturated rings. The van der Waals surface area contributed by atoms with E-state index >= 15 is 0 Å². The highest BCUT2D eigenvalue weighted by Gasteiger charge is 2.06. The molecule has 0 aromatic heterocycles. The molecule has 0 saturated heterocycles. The van der Waals surface area contributed by atoms with Crippen LogP contribution in [0.4, 0.5) is 0 Å². The van der Waals surface area contributed by atoms with Crippen molar-refractivity contribution >= 4 is 39.7 Å². The van der Waals surface area contributed by atoms with Gasteiger partial charge < -0.3 is 14.2 Å². The minimum atomic E-state index is -0.367. The topological polar surface area (TPSA) is 69.2 Å². The molecule has 8 heteroatoms. The molecular weight excluding hydrogens is 484 g/mol. The standard InChI is InChI=1S/C23H20BrClN2O4/c1-29-22-12-17(4-11-21(22)31-14-16-2-7-19(25)8-3-16)13-26-27-23(28)15-30-20-9-5-18(24)6-10-20/h2-13H,14-15H2,1H3,(H,27,28)/b26-13-. The Balaban J connectivity index is 1.51. The highest BCUT2D eigenvalue weighted by molar-refractivity contribution is 9.10. The van der Waals surface area contributed by atoms with Crippen molar-refractivity contribution in [2.24, 2.45) is 5.10 Å². The van der Waals surface area contributed by atoms with E-state index in [1.165, 1.54) is 6.21 Å². The summed E-state index contributed by atoms with van der Waals surface area (Å²) in [7, 11) is 1.56. The number of hydrogen-bond donors (Lipinski definition) is 1. The first-order valence-corrected chi connectivity index (χ1v) is 10.5. The minimum Gasteiger partial charge on any atom is -0.493 e. The predicted molar refractivity (Wildman–Crippen MR) is 124 cm³/mol. The van der Waals surface area contributed by atoms with Gasteiger partial charge in [-0.2, -0.15) is 5.10 Å². The van der Waals surface area contributed by atoms with Crippen LogP contribution in [0, 0.1) is 0 Å². The summed E-state index contributed by atoms with van der Waals surface area (Å²) >= 11 is 9.24. The average molecular weight is 504 g/mol. The Kier molecular flexibility index (Phi) is 8.32. The van der Waals surface area contributed by atoms with Gasteiger partial charge in [0.15, 0.2) is 18.1 Å². The number of hydrogen-bond acceptors (Lipinski definition) is 5. The predicted octanol–water partition coefficient (Wildman–Crippen LogP) is 5.22. The molecule has 1 amide bonds. The molecule has 6 nitrogen and oxygen atoms in total. The van der Waals surface area contributed by atoms with Crippen LogP contribution >= 0.6 is 27.5 Å². The van der Waals surface area contributed by atoms with E-state index in [0.29, 0.717) is 28.9 Å². The number of nitrogens with one attached hydrogen (secondary N) is 1. The number of nitrogens with zero attached hydrogens (tertiary/aromatic N) is 1. The van der Waals surface area contributed by atoms with Gasteiger partial charge in [-0.25, -0.2) is 5.43 Å². The lowest BCUT2D eigenvalue weighted by Gasteiger charge is -2.11. The Morgan fingerprint density at radius 1 is 1.03 bits per heavy atom. The third kappa shape index (κ3) is 7.31. The lowest BCUT2D eigenvalue weighted by Crippen LogP contribution is -2.24. The highest BCUT2D eigenvalue weighted by Crippen LogP contribution is 2.28. The number of carbonyl (C=O) groups excluding carboxylic acids is 1. The maximum atomic E-state index is 11.9. The van der Waals surface area contributed by atoms with Crippen molar-refractivity contribution in [3.8, 4) is 17.2 Å². The molecule has 3 rings (SSSR count). The Labute approximate surface area is 193 Å². The van der Waals surface area contributed by atoms with Gasteiger partial charge in [0.1, 0.15) is 12.4 Å². The van der Waals surface area contributed by atoms with Gasteiger partial charge in [0.05, 0.1) is 13.3 Å². The van der Waals surface area contributed by atoms with Crippen molar-refractivity contribution in [1.82, 2.24) is 5.43 Å². The molecular formula is C23H20BrClN2O4. The van der Waals surface area contributed by atoms with E-state index in [1.807, 2.05) is 42.5 Å². The summed E-state index contributed by atoms with van der Waals surface area (Å²) in [6, 6.07) is 20.0. The second-order valence-corrected chi connectivity index (χ2v) is 7.71. The van der Waals surface area contributed by atoms with E-state index < -0.39 is 0 Å². The van der Waals surface area contributed by atoms with Crippen LogP contribution in [0.1, 0.15) is 11.1 Å². The lowest BCUT2D eigenvalue weighted by molar-refractivity contribution is -0.123. The summed E-state index contributed by atoms with van der Waals surface area (Å²) < 4.78 is 17.6. The van der Waals surface area contributed by atoms with Crippen molar-refractivity contribution in [3.63, 3.8) is 0 Å². The zero-order valence-corrected chi connectivity index (χ0v) is 19.0. The maximum absolute atomic E-state index is 11.9. The highest BCUT2D eigenvalue weighted by atomic mass is 79.9. The van der Waals surface area contributed by atoms with E-state index in [2.05, 4.69) is 26.5 Å². The van der Waals surface area contributed by atoms with Gasteiger partial charge in [-0.1, -0.05) is 39.7 Å². The molecule has 0 unspecified atom stereocenters. The molecule has 0 spiro atoms. The smallest absolute Gasteiger partial charge is 0.277 e. The summed E-state index contributed by atoms with van der Waals surface area (Å²) in [5.74, 6) is 1.39. The van der Waals surface area contributed by atoms with Crippen LogP contribution in [0.3, 0.4) is 0 Å². The molecule has 0 atom stereocenters. The fourth-order valence-electron chi connectivity index (χ4n) is 2.52. The average Bonchev–Trinajstić information content (AvgIpc) is 2.78. The lowest BCUT2D eigenvalue weighted by atomic mass is 10.2. The van der Waals surface area contributed by atoms with Gasteiger partial charge in [0, 0.05) is 9.50 Å². The second kappa shape index (κ2) is 11.4. The van der Waals surface area contributed by atoms with E-state index in [-0.39, 0.29) is 12.5 Å². The number of ether oxygens (including phenoxy) is 3. The number of amides is 1. The van der Waals surface area contributed by atoms with Crippen LogP contribution in [0.15, 0.2) is 76.3 Å². The van der Waals surface area contributed by atoms with Crippen molar-refractivity contribution in [3.05, 3.63) is 87.4 Å². The van der Waals surface area contributed by atoms with Crippen LogP contribution < -0.4 is 19.6 Å². The zero-order chi connectivity index (χ0) is 22.1. The molecule has 3 aromatic rings. The summed E-state index contributed by atoms with van der Waals surface area (Å²) in [6.07, 6.45) is 1.52. The first-order chi connectivity index (χ1) is 15.0. The maximum Gasteiger partial charge on any atom is 0.277 e. The van der Waals surface area contributed by atoms with Crippen LogP contribution in [0.25, 0.3) is 0 Å². The summed E-state index contributed by atoms with van der Waals surface area (Å²) in [4.78, 5) is 11.9. The monoisotopic (exact) mass is 502 g/mol. The number of methoxy groups -OCH3 is 1. The quantitative estimate of drug-likeness (QED) is 0.321. The Hall–Kier alpha value is -3.03. The SMILES string of the molecule is COc1cc(/C=N\NC(=O)COc2ccc(Br)cc2)ccc1OCc1ccc(Cl)cc1. The zero-order valence-electron chi connectivity index (χ0n) is 16.7. The fraction of sp³-hybridized carbons (Fsp3) is 0.130. The third-order valence-electron chi connectivity index (χ3n) is 4.08. The second-order valence-electron chi connectivity index (χ2n) is 6.36. The molecule has 0 heterocycles. The minimum absolute atomic E-state index is 0.139. The molecule has 0 bridgehead atoms. The van der Waals surface area contributed by atoms with E-state index in [9.17, 15) is 4.79 Å². The van der Waals surface area contributed by atoms with Crippen LogP contribution in [0.5, 0.6) is 17.2 Å². The third-order valence-corrected chi connectivity index (χ3v) is 4.86. The normalized spacial score (nSPS) is 10.7. The molecule has 3 aromatic carbocycles. The van der Waals surface area contributed by atoms with Crippen molar-refractivity contribution in [2.75, 3.05) is 13.7 Å². The molecule has 0 aliphatic heterocycles. The van der Waals surface area contributed by atoms with Crippen molar-refractivity contribution < 1.29 is 19.0 Å². The number of carbonyl (C=O) groups is 1. The van der Waals surface area contributed by atoms with Gasteiger partial charge in [0.25, 0.3) is 5.91 Å². The van der Waals surface area contributed by atoms with E-state index in [4.69, 9.17) is 25.8 Å². The van der Waals surface area contributed by atoms with Crippen LogP contribution in [-0.4, -0.2) is 25.8 Å². The molecule has 0 aliphatic carbocycles. The first kappa shape index (κ1) is 22.7. The summed E-state index contributed by atoms with van der Waals surface area (Å²) in [5.41, 5.74) is 4.16. The Bertz CT molecular complexity index is 1040. The summed E-state index contributed by atoms with van der Waals surface area (Å²) in [6.45, 7) is 0.245. The number of benzene rings is 3. The molecule has 0 saturated carbocycles. The first-order valence-electron chi connectivity index (χ1n) is 9.29.